The van der Waals surface area contributed by atoms with Crippen molar-refractivity contribution in [2.45, 2.75) is 26.3 Å². The van der Waals surface area contributed by atoms with Crippen LogP contribution < -0.4 is 10.6 Å². The number of carbonyl (C=O) groups is 2. The molecule has 0 bridgehead atoms. The van der Waals surface area contributed by atoms with Crippen LogP contribution in [-0.4, -0.2) is 36.9 Å². The van der Waals surface area contributed by atoms with Gasteiger partial charge in [0, 0.05) is 12.2 Å². The van der Waals surface area contributed by atoms with Gasteiger partial charge in [-0.15, -0.1) is 0 Å². The van der Waals surface area contributed by atoms with E-state index >= 15 is 0 Å². The summed E-state index contributed by atoms with van der Waals surface area (Å²) in [6, 6.07) is 16.6. The van der Waals surface area contributed by atoms with Gasteiger partial charge in [0.1, 0.15) is 6.04 Å². The standard InChI is InChI=1S/C21H27N3O2/c1-4-14-22-19(25)15-24(3)20(17-8-6-5-7-9-17)21(26)23-18-12-10-16(2)11-13-18/h5-13,20H,4,14-15H2,1-3H3,(H,22,25)(H,23,26)/t20-/m1/s1. The Morgan fingerprint density at radius 3 is 2.31 bits per heavy atom. The largest absolute Gasteiger partial charge is 0.355 e. The quantitative estimate of drug-likeness (QED) is 0.766. The first-order valence-corrected chi connectivity index (χ1v) is 8.90. The fraction of sp³-hybridized carbons (Fsp3) is 0.333. The number of hydrogen-bond acceptors (Lipinski definition) is 3. The Bertz CT molecular complexity index is 714. The molecule has 0 aliphatic rings. The number of hydrogen-bond donors (Lipinski definition) is 2. The maximum atomic E-state index is 13.0. The van der Waals surface area contributed by atoms with E-state index in [1.54, 1.807) is 11.9 Å². The molecule has 0 spiro atoms. The van der Waals surface area contributed by atoms with E-state index in [1.165, 1.54) is 0 Å². The van der Waals surface area contributed by atoms with Crippen LogP contribution in [0.2, 0.25) is 0 Å². The summed E-state index contributed by atoms with van der Waals surface area (Å²) in [4.78, 5) is 26.8. The molecule has 0 radical (unpaired) electrons. The van der Waals surface area contributed by atoms with E-state index in [0.717, 1.165) is 23.2 Å². The van der Waals surface area contributed by atoms with Crippen molar-refractivity contribution < 1.29 is 9.59 Å². The summed E-state index contributed by atoms with van der Waals surface area (Å²) in [5.74, 6) is -0.246. The van der Waals surface area contributed by atoms with Crippen molar-refractivity contribution in [3.8, 4) is 0 Å². The summed E-state index contributed by atoms with van der Waals surface area (Å²) >= 11 is 0. The Morgan fingerprint density at radius 2 is 1.69 bits per heavy atom. The molecular weight excluding hydrogens is 326 g/mol. The number of carbonyl (C=O) groups excluding carboxylic acids is 2. The Balaban J connectivity index is 2.16. The molecule has 138 valence electrons. The molecule has 2 N–H and O–H groups in total. The van der Waals surface area contributed by atoms with Crippen molar-refractivity contribution in [1.82, 2.24) is 10.2 Å². The van der Waals surface area contributed by atoms with Crippen molar-refractivity contribution in [2.24, 2.45) is 0 Å². The Hall–Kier alpha value is -2.66. The van der Waals surface area contributed by atoms with Gasteiger partial charge in [-0.25, -0.2) is 0 Å². The maximum Gasteiger partial charge on any atom is 0.246 e. The average molecular weight is 353 g/mol. The van der Waals surface area contributed by atoms with Crippen molar-refractivity contribution in [3.63, 3.8) is 0 Å². The molecule has 0 saturated heterocycles. The lowest BCUT2D eigenvalue weighted by atomic mass is 10.0. The number of rotatable bonds is 8. The summed E-state index contributed by atoms with van der Waals surface area (Å²) in [6.45, 7) is 4.80. The topological polar surface area (TPSA) is 61.4 Å². The minimum absolute atomic E-state index is 0.0848. The Morgan fingerprint density at radius 1 is 1.04 bits per heavy atom. The number of nitrogens with one attached hydrogen (secondary N) is 2. The van der Waals surface area contributed by atoms with E-state index in [1.807, 2.05) is 68.4 Å². The summed E-state index contributed by atoms with van der Waals surface area (Å²) in [5.41, 5.74) is 2.72. The van der Waals surface area contributed by atoms with E-state index in [9.17, 15) is 9.59 Å². The van der Waals surface area contributed by atoms with Gasteiger partial charge in [-0.3, -0.25) is 14.5 Å². The average Bonchev–Trinajstić information content (AvgIpc) is 2.63. The molecular formula is C21H27N3O2. The van der Waals surface area contributed by atoms with E-state index in [-0.39, 0.29) is 18.4 Å². The van der Waals surface area contributed by atoms with Crippen molar-refractivity contribution in [3.05, 3.63) is 65.7 Å². The van der Waals surface area contributed by atoms with Gasteiger partial charge in [-0.05, 0) is 38.1 Å². The third-order valence-corrected chi connectivity index (χ3v) is 4.09. The van der Waals surface area contributed by atoms with Gasteiger partial charge in [0.15, 0.2) is 0 Å². The molecule has 2 rings (SSSR count). The zero-order chi connectivity index (χ0) is 18.9. The van der Waals surface area contributed by atoms with Gasteiger partial charge in [0.2, 0.25) is 11.8 Å². The van der Waals surface area contributed by atoms with Crippen molar-refractivity contribution in [2.75, 3.05) is 25.5 Å². The lowest BCUT2D eigenvalue weighted by Crippen LogP contribution is -2.41. The third-order valence-electron chi connectivity index (χ3n) is 4.09. The summed E-state index contributed by atoms with van der Waals surface area (Å²) < 4.78 is 0. The SMILES string of the molecule is CCCNC(=O)CN(C)[C@@H](C(=O)Nc1ccc(C)cc1)c1ccccc1. The zero-order valence-corrected chi connectivity index (χ0v) is 15.7. The van der Waals surface area contributed by atoms with Gasteiger partial charge in [0.05, 0.1) is 6.54 Å². The third kappa shape index (κ3) is 5.70. The van der Waals surface area contributed by atoms with Crippen LogP contribution in [0.4, 0.5) is 5.69 Å². The first kappa shape index (κ1) is 19.7. The molecule has 26 heavy (non-hydrogen) atoms. The predicted molar refractivity (Wildman–Crippen MR) is 105 cm³/mol. The van der Waals surface area contributed by atoms with Gasteiger partial charge in [-0.1, -0.05) is 55.0 Å². The number of anilines is 1. The number of amides is 2. The molecule has 1 atom stereocenters. The summed E-state index contributed by atoms with van der Waals surface area (Å²) in [7, 11) is 1.79. The van der Waals surface area contributed by atoms with Crippen LogP contribution in [0.1, 0.15) is 30.5 Å². The highest BCUT2D eigenvalue weighted by molar-refractivity contribution is 5.96. The molecule has 2 amide bonds. The number of aryl methyl sites for hydroxylation is 1. The number of nitrogens with zero attached hydrogens (tertiary/aromatic N) is 1. The fourth-order valence-corrected chi connectivity index (χ4v) is 2.73. The van der Waals surface area contributed by atoms with Gasteiger partial charge < -0.3 is 10.6 Å². The van der Waals surface area contributed by atoms with Gasteiger partial charge >= 0.3 is 0 Å². The molecule has 0 fully saturated rings. The van der Waals surface area contributed by atoms with Crippen LogP contribution >= 0.6 is 0 Å². The van der Waals surface area contributed by atoms with Gasteiger partial charge in [0.25, 0.3) is 0 Å². The van der Waals surface area contributed by atoms with Crippen LogP contribution in [0.25, 0.3) is 0 Å². The molecule has 0 aliphatic heterocycles. The Kier molecular flexibility index (Phi) is 7.36. The second-order valence-electron chi connectivity index (χ2n) is 6.43. The van der Waals surface area contributed by atoms with E-state index < -0.39 is 6.04 Å². The normalized spacial score (nSPS) is 11.8. The van der Waals surface area contributed by atoms with E-state index in [0.29, 0.717) is 6.54 Å². The predicted octanol–water partition coefficient (Wildman–Crippen LogP) is 3.13. The smallest absolute Gasteiger partial charge is 0.246 e. The van der Waals surface area contributed by atoms with Crippen molar-refractivity contribution >= 4 is 17.5 Å². The van der Waals surface area contributed by atoms with Crippen LogP contribution in [0, 0.1) is 6.92 Å². The highest BCUT2D eigenvalue weighted by Gasteiger charge is 2.26. The number of benzene rings is 2. The molecule has 5 nitrogen and oxygen atoms in total. The molecule has 0 aromatic heterocycles. The second kappa shape index (κ2) is 9.73. The molecule has 2 aromatic rings. The molecule has 0 unspecified atom stereocenters. The fourth-order valence-electron chi connectivity index (χ4n) is 2.73. The molecule has 0 saturated carbocycles. The highest BCUT2D eigenvalue weighted by atomic mass is 16.2. The first-order valence-electron chi connectivity index (χ1n) is 8.90. The van der Waals surface area contributed by atoms with Crippen LogP contribution in [0.15, 0.2) is 54.6 Å². The lowest BCUT2D eigenvalue weighted by Gasteiger charge is -2.27. The summed E-state index contributed by atoms with van der Waals surface area (Å²) in [5, 5.41) is 5.80. The zero-order valence-electron chi connectivity index (χ0n) is 15.7. The van der Waals surface area contributed by atoms with E-state index in [2.05, 4.69) is 10.6 Å². The van der Waals surface area contributed by atoms with Crippen molar-refractivity contribution in [1.29, 1.82) is 0 Å². The molecule has 5 heteroatoms. The van der Waals surface area contributed by atoms with Crippen LogP contribution in [0.5, 0.6) is 0 Å². The monoisotopic (exact) mass is 353 g/mol. The number of likely N-dealkylation sites (N-methyl/N-ethyl adjacent to an activating group) is 1. The maximum absolute atomic E-state index is 13.0. The lowest BCUT2D eigenvalue weighted by molar-refractivity contribution is -0.125. The molecule has 0 heterocycles. The van der Waals surface area contributed by atoms with Gasteiger partial charge in [-0.2, -0.15) is 0 Å². The second-order valence-corrected chi connectivity index (χ2v) is 6.43. The minimum atomic E-state index is -0.551. The van der Waals surface area contributed by atoms with E-state index in [4.69, 9.17) is 0 Å². The van der Waals surface area contributed by atoms with Crippen LogP contribution in [0.3, 0.4) is 0 Å². The minimum Gasteiger partial charge on any atom is -0.355 e. The highest BCUT2D eigenvalue weighted by Crippen LogP contribution is 2.21. The first-order chi connectivity index (χ1) is 12.5. The molecule has 2 aromatic carbocycles. The van der Waals surface area contributed by atoms with Crippen LogP contribution in [-0.2, 0) is 9.59 Å². The summed E-state index contributed by atoms with van der Waals surface area (Å²) in [6.07, 6.45) is 0.880. The Labute approximate surface area is 155 Å². The molecule has 0 aliphatic carbocycles.